The molecule has 0 aromatic heterocycles. The van der Waals surface area contributed by atoms with Gasteiger partial charge in [-0.15, -0.1) is 13.2 Å². The number of benzene rings is 1. The Morgan fingerprint density at radius 1 is 1.30 bits per heavy atom. The molecule has 30 heavy (non-hydrogen) atoms. The van der Waals surface area contributed by atoms with Crippen molar-refractivity contribution in [2.24, 2.45) is 17.8 Å². The number of fused-ring (bicyclic) bond motifs is 1. The fourth-order valence-electron chi connectivity index (χ4n) is 4.19. The van der Waals surface area contributed by atoms with Gasteiger partial charge in [0.1, 0.15) is 5.75 Å². The molecule has 1 saturated carbocycles. The van der Waals surface area contributed by atoms with Gasteiger partial charge in [-0.3, -0.25) is 14.5 Å². The molecule has 10 heteroatoms. The number of halogens is 3. The zero-order valence-electron chi connectivity index (χ0n) is 16.7. The average molecular weight is 429 g/mol. The highest BCUT2D eigenvalue weighted by Gasteiger charge is 2.55. The van der Waals surface area contributed by atoms with Crippen LogP contribution >= 0.6 is 0 Å². The molecule has 166 valence electrons. The van der Waals surface area contributed by atoms with Crippen molar-refractivity contribution in [1.29, 1.82) is 0 Å². The van der Waals surface area contributed by atoms with Crippen LogP contribution in [-0.4, -0.2) is 79.0 Å². The summed E-state index contributed by atoms with van der Waals surface area (Å²) in [7, 11) is 0. The normalized spacial score (nSPS) is 23.0. The van der Waals surface area contributed by atoms with Gasteiger partial charge < -0.3 is 20.1 Å². The fraction of sp³-hybridized carbons (Fsp3) is 0.600. The number of rotatable bonds is 9. The summed E-state index contributed by atoms with van der Waals surface area (Å²) in [6.45, 7) is 5.04. The van der Waals surface area contributed by atoms with Crippen LogP contribution in [0, 0.1) is 17.8 Å². The van der Waals surface area contributed by atoms with E-state index >= 15 is 0 Å². The van der Waals surface area contributed by atoms with Crippen molar-refractivity contribution < 1.29 is 32.6 Å². The molecule has 2 N–H and O–H groups in total. The lowest BCUT2D eigenvalue weighted by atomic mass is 10.2. The minimum Gasteiger partial charge on any atom is -0.406 e. The van der Waals surface area contributed by atoms with Crippen LogP contribution in [0.3, 0.4) is 0 Å². The minimum absolute atomic E-state index is 0.00124. The number of amides is 2. The molecule has 2 fully saturated rings. The van der Waals surface area contributed by atoms with Crippen LogP contribution < -0.4 is 10.1 Å². The van der Waals surface area contributed by atoms with Crippen molar-refractivity contribution in [3.05, 3.63) is 29.8 Å². The van der Waals surface area contributed by atoms with Gasteiger partial charge in [-0.1, -0.05) is 6.07 Å². The summed E-state index contributed by atoms with van der Waals surface area (Å²) in [4.78, 5) is 28.2. The smallest absolute Gasteiger partial charge is 0.406 e. The van der Waals surface area contributed by atoms with Gasteiger partial charge in [0.2, 0.25) is 5.91 Å². The first kappa shape index (κ1) is 22.4. The number of ether oxygens (including phenoxy) is 1. The largest absolute Gasteiger partial charge is 0.573 e. The van der Waals surface area contributed by atoms with Gasteiger partial charge in [0, 0.05) is 38.3 Å². The van der Waals surface area contributed by atoms with Crippen molar-refractivity contribution in [3.8, 4) is 5.75 Å². The van der Waals surface area contributed by atoms with E-state index in [2.05, 4.69) is 15.0 Å². The minimum atomic E-state index is -4.81. The van der Waals surface area contributed by atoms with Crippen LogP contribution in [0.2, 0.25) is 0 Å². The second kappa shape index (κ2) is 9.22. The number of carbonyl (C=O) groups is 2. The number of hydrogen-bond acceptors (Lipinski definition) is 5. The van der Waals surface area contributed by atoms with E-state index in [1.807, 2.05) is 6.92 Å². The van der Waals surface area contributed by atoms with Crippen LogP contribution in [0.1, 0.15) is 17.3 Å². The third kappa shape index (κ3) is 5.63. The van der Waals surface area contributed by atoms with Crippen LogP contribution in [0.5, 0.6) is 5.75 Å². The molecule has 2 aliphatic rings. The van der Waals surface area contributed by atoms with Gasteiger partial charge in [0.15, 0.2) is 0 Å². The summed E-state index contributed by atoms with van der Waals surface area (Å²) >= 11 is 0. The van der Waals surface area contributed by atoms with Gasteiger partial charge in [-0.2, -0.15) is 0 Å². The molecule has 1 aromatic rings. The number of likely N-dealkylation sites (N-methyl/N-ethyl adjacent to an activating group) is 1. The number of nitrogens with one attached hydrogen (secondary N) is 1. The number of nitrogens with zero attached hydrogens (tertiary/aromatic N) is 2. The SMILES string of the molecule is CCN(CCO)C(=O)CN1CC2C(CNC(=O)c3cccc(OC(F)(F)F)c3)C2C1. The van der Waals surface area contributed by atoms with Gasteiger partial charge in [0.05, 0.1) is 13.2 Å². The first-order chi connectivity index (χ1) is 14.2. The fourth-order valence-corrected chi connectivity index (χ4v) is 4.19. The predicted octanol–water partition coefficient (Wildman–Crippen LogP) is 1.33. The zero-order chi connectivity index (χ0) is 21.9. The number of hydrogen-bond donors (Lipinski definition) is 2. The Kier molecular flexibility index (Phi) is 6.87. The highest BCUT2D eigenvalue weighted by molar-refractivity contribution is 5.94. The molecule has 1 aromatic carbocycles. The second-order valence-electron chi connectivity index (χ2n) is 7.67. The maximum absolute atomic E-state index is 12.3. The summed E-state index contributed by atoms with van der Waals surface area (Å²) in [6.07, 6.45) is -4.81. The Balaban J connectivity index is 1.42. The number of alkyl halides is 3. The van der Waals surface area contributed by atoms with Crippen molar-refractivity contribution in [3.63, 3.8) is 0 Å². The van der Waals surface area contributed by atoms with E-state index in [1.54, 1.807) is 4.90 Å². The molecule has 1 heterocycles. The molecule has 1 saturated heterocycles. The Bertz CT molecular complexity index is 762. The van der Waals surface area contributed by atoms with E-state index in [4.69, 9.17) is 5.11 Å². The molecule has 2 unspecified atom stereocenters. The van der Waals surface area contributed by atoms with E-state index in [-0.39, 0.29) is 18.1 Å². The summed E-state index contributed by atoms with van der Waals surface area (Å²) in [5, 5.41) is 11.8. The van der Waals surface area contributed by atoms with Crippen molar-refractivity contribution in [1.82, 2.24) is 15.1 Å². The monoisotopic (exact) mass is 429 g/mol. The molecule has 2 amide bonds. The molecule has 0 spiro atoms. The average Bonchev–Trinajstić information content (AvgIpc) is 3.13. The van der Waals surface area contributed by atoms with Crippen LogP contribution in [0.4, 0.5) is 13.2 Å². The van der Waals surface area contributed by atoms with E-state index in [0.29, 0.717) is 43.9 Å². The highest BCUT2D eigenvalue weighted by Crippen LogP contribution is 2.51. The third-order valence-corrected chi connectivity index (χ3v) is 5.74. The maximum Gasteiger partial charge on any atom is 0.573 e. The summed E-state index contributed by atoms with van der Waals surface area (Å²) in [5.41, 5.74) is 0.110. The number of aliphatic hydroxyl groups excluding tert-OH is 1. The molecule has 3 rings (SSSR count). The first-order valence-electron chi connectivity index (χ1n) is 9.96. The van der Waals surface area contributed by atoms with Gasteiger partial charge in [-0.25, -0.2) is 0 Å². The second-order valence-corrected chi connectivity index (χ2v) is 7.67. The lowest BCUT2D eigenvalue weighted by Crippen LogP contribution is -2.42. The van der Waals surface area contributed by atoms with Crippen LogP contribution in [0.25, 0.3) is 0 Å². The molecule has 1 aliphatic carbocycles. The van der Waals surface area contributed by atoms with E-state index in [1.165, 1.54) is 12.1 Å². The third-order valence-electron chi connectivity index (χ3n) is 5.74. The Morgan fingerprint density at radius 3 is 2.60 bits per heavy atom. The highest BCUT2D eigenvalue weighted by atomic mass is 19.4. The van der Waals surface area contributed by atoms with Crippen LogP contribution in [-0.2, 0) is 4.79 Å². The summed E-state index contributed by atoms with van der Waals surface area (Å²) in [6, 6.07) is 4.99. The quantitative estimate of drug-likeness (QED) is 0.619. The molecule has 0 bridgehead atoms. The molecule has 7 nitrogen and oxygen atoms in total. The maximum atomic E-state index is 12.3. The van der Waals surface area contributed by atoms with E-state index < -0.39 is 18.0 Å². The molecule has 2 atom stereocenters. The zero-order valence-corrected chi connectivity index (χ0v) is 16.7. The summed E-state index contributed by atoms with van der Waals surface area (Å²) < 4.78 is 40.8. The topological polar surface area (TPSA) is 82.1 Å². The molecule has 0 radical (unpaired) electrons. The first-order valence-corrected chi connectivity index (χ1v) is 9.96. The van der Waals surface area contributed by atoms with E-state index in [0.717, 1.165) is 25.2 Å². The molecule has 1 aliphatic heterocycles. The standard InChI is InChI=1S/C20H26F3N3O4/c1-2-26(6-7-27)18(28)12-25-10-16-15(17(16)11-25)9-24-19(29)13-4-3-5-14(8-13)30-20(21,22)23/h3-5,8,15-17,27H,2,6-7,9-12H2,1H3,(H,24,29). The Hall–Kier alpha value is -2.33. The van der Waals surface area contributed by atoms with E-state index in [9.17, 15) is 22.8 Å². The van der Waals surface area contributed by atoms with Crippen LogP contribution in [0.15, 0.2) is 24.3 Å². The number of carbonyl (C=O) groups excluding carboxylic acids is 2. The number of piperidine rings is 1. The molecular formula is C20H26F3N3O4. The number of aliphatic hydroxyl groups is 1. The predicted molar refractivity (Wildman–Crippen MR) is 102 cm³/mol. The Morgan fingerprint density at radius 2 is 2.00 bits per heavy atom. The van der Waals surface area contributed by atoms with Crippen molar-refractivity contribution in [2.75, 3.05) is 45.9 Å². The Labute approximate surface area is 172 Å². The van der Waals surface area contributed by atoms with Gasteiger partial charge in [-0.05, 0) is 42.9 Å². The van der Waals surface area contributed by atoms with Crippen molar-refractivity contribution >= 4 is 11.8 Å². The van der Waals surface area contributed by atoms with Gasteiger partial charge >= 0.3 is 6.36 Å². The van der Waals surface area contributed by atoms with Crippen molar-refractivity contribution in [2.45, 2.75) is 13.3 Å². The lowest BCUT2D eigenvalue weighted by Gasteiger charge is -2.24. The lowest BCUT2D eigenvalue weighted by molar-refractivity contribution is -0.274. The summed E-state index contributed by atoms with van der Waals surface area (Å²) in [5.74, 6) is 0.258. The number of likely N-dealkylation sites (tertiary alicyclic amines) is 1. The van der Waals surface area contributed by atoms with Gasteiger partial charge in [0.25, 0.3) is 5.91 Å². The molecular weight excluding hydrogens is 403 g/mol.